The number of hydrogen-bond donors (Lipinski definition) is 1. The third kappa shape index (κ3) is 4.19. The topological polar surface area (TPSA) is 59.8 Å². The van der Waals surface area contributed by atoms with Gasteiger partial charge < -0.3 is 5.32 Å². The highest BCUT2D eigenvalue weighted by atomic mass is 16.1. The summed E-state index contributed by atoms with van der Waals surface area (Å²) in [5, 5.41) is 7.08. The van der Waals surface area contributed by atoms with Crippen molar-refractivity contribution in [1.82, 2.24) is 20.1 Å². The van der Waals surface area contributed by atoms with E-state index in [0.29, 0.717) is 19.5 Å². The van der Waals surface area contributed by atoms with E-state index in [1.165, 1.54) is 6.33 Å². The maximum Gasteiger partial charge on any atom is 0.220 e. The van der Waals surface area contributed by atoms with Gasteiger partial charge in [0.2, 0.25) is 5.91 Å². The summed E-state index contributed by atoms with van der Waals surface area (Å²) in [7, 11) is 0. The molecular weight excluding hydrogens is 252 g/mol. The maximum atomic E-state index is 11.7. The van der Waals surface area contributed by atoms with Crippen LogP contribution in [0.4, 0.5) is 0 Å². The number of carbonyl (C=O) groups excluding carboxylic acids is 1. The first-order valence-electron chi connectivity index (χ1n) is 6.95. The molecule has 0 atom stereocenters. The summed E-state index contributed by atoms with van der Waals surface area (Å²) in [4.78, 5) is 15.6. The summed E-state index contributed by atoms with van der Waals surface area (Å²) in [6.07, 6.45) is 5.79. The van der Waals surface area contributed by atoms with Crippen LogP contribution < -0.4 is 5.32 Å². The van der Waals surface area contributed by atoms with E-state index in [1.807, 2.05) is 18.2 Å². The summed E-state index contributed by atoms with van der Waals surface area (Å²) in [5.41, 5.74) is 2.27. The molecule has 0 bridgehead atoms. The molecule has 0 radical (unpaired) electrons. The molecule has 0 saturated carbocycles. The summed E-state index contributed by atoms with van der Waals surface area (Å²) in [5.74, 6) is 0.113. The van der Waals surface area contributed by atoms with Crippen molar-refractivity contribution in [2.75, 3.05) is 0 Å². The molecule has 0 aliphatic carbocycles. The lowest BCUT2D eigenvalue weighted by Gasteiger charge is -2.10. The summed E-state index contributed by atoms with van der Waals surface area (Å²) in [6.45, 7) is 3.31. The molecule has 0 fully saturated rings. The highest BCUT2D eigenvalue weighted by Gasteiger charge is 2.05. The third-order valence-corrected chi connectivity index (χ3v) is 3.15. The Morgan fingerprint density at radius 1 is 1.30 bits per heavy atom. The van der Waals surface area contributed by atoms with Crippen LogP contribution in [0.5, 0.6) is 0 Å². The van der Waals surface area contributed by atoms with E-state index in [9.17, 15) is 4.79 Å². The molecule has 1 heterocycles. The molecule has 1 aromatic carbocycles. The lowest BCUT2D eigenvalue weighted by Crippen LogP contribution is -2.23. The van der Waals surface area contributed by atoms with Crippen LogP contribution in [0.15, 0.2) is 36.9 Å². The average Bonchev–Trinajstić information content (AvgIpc) is 2.97. The minimum absolute atomic E-state index is 0.113. The molecule has 5 nitrogen and oxygen atoms in total. The van der Waals surface area contributed by atoms with Gasteiger partial charge in [-0.1, -0.05) is 37.6 Å². The van der Waals surface area contributed by atoms with Crippen LogP contribution in [0.1, 0.15) is 37.3 Å². The van der Waals surface area contributed by atoms with Crippen molar-refractivity contribution in [3.05, 3.63) is 48.0 Å². The zero-order valence-corrected chi connectivity index (χ0v) is 11.7. The second-order valence-electron chi connectivity index (χ2n) is 4.74. The summed E-state index contributed by atoms with van der Waals surface area (Å²) >= 11 is 0. The van der Waals surface area contributed by atoms with Crippen LogP contribution in [0.2, 0.25) is 0 Å². The molecular formula is C15H20N4O. The molecule has 5 heteroatoms. The molecule has 20 heavy (non-hydrogen) atoms. The Morgan fingerprint density at radius 2 is 2.10 bits per heavy atom. The maximum absolute atomic E-state index is 11.7. The lowest BCUT2D eigenvalue weighted by atomic mass is 10.1. The van der Waals surface area contributed by atoms with Gasteiger partial charge >= 0.3 is 0 Å². The van der Waals surface area contributed by atoms with Gasteiger partial charge in [-0.05, 0) is 17.5 Å². The van der Waals surface area contributed by atoms with Gasteiger partial charge in [-0.25, -0.2) is 9.67 Å². The van der Waals surface area contributed by atoms with E-state index < -0.39 is 0 Å². The highest BCUT2D eigenvalue weighted by molar-refractivity contribution is 5.75. The standard InChI is InChI=1S/C15H20N4O/c1-2-3-8-15(20)17-9-13-6-4-5-7-14(13)10-19-12-16-11-18-19/h4-7,11-12H,2-3,8-10H2,1H3,(H,17,20). The quantitative estimate of drug-likeness (QED) is 0.840. The number of rotatable bonds is 7. The number of amides is 1. The van der Waals surface area contributed by atoms with Gasteiger partial charge in [0.05, 0.1) is 6.54 Å². The fraction of sp³-hybridized carbons (Fsp3) is 0.400. The molecule has 0 aliphatic rings. The number of carbonyl (C=O) groups is 1. The Labute approximate surface area is 119 Å². The van der Waals surface area contributed by atoms with Gasteiger partial charge in [-0.15, -0.1) is 0 Å². The highest BCUT2D eigenvalue weighted by Crippen LogP contribution is 2.10. The van der Waals surface area contributed by atoms with E-state index in [0.717, 1.165) is 24.0 Å². The van der Waals surface area contributed by atoms with Crippen LogP contribution in [0, 0.1) is 0 Å². The number of nitrogens with zero attached hydrogens (tertiary/aromatic N) is 3. The van der Waals surface area contributed by atoms with Crippen LogP contribution in [-0.4, -0.2) is 20.7 Å². The third-order valence-electron chi connectivity index (χ3n) is 3.15. The number of unbranched alkanes of at least 4 members (excludes halogenated alkanes) is 1. The molecule has 1 amide bonds. The van der Waals surface area contributed by atoms with E-state index >= 15 is 0 Å². The molecule has 2 aromatic rings. The Kier molecular flexibility index (Phi) is 5.29. The first-order chi connectivity index (χ1) is 9.79. The monoisotopic (exact) mass is 272 g/mol. The van der Waals surface area contributed by atoms with Crippen LogP contribution in [0.3, 0.4) is 0 Å². The Hall–Kier alpha value is -2.17. The first kappa shape index (κ1) is 14.2. The SMILES string of the molecule is CCCCC(=O)NCc1ccccc1Cn1cncn1. The smallest absolute Gasteiger partial charge is 0.220 e. The largest absolute Gasteiger partial charge is 0.352 e. The Morgan fingerprint density at radius 3 is 2.80 bits per heavy atom. The number of aromatic nitrogens is 3. The van der Waals surface area contributed by atoms with Gasteiger partial charge in [-0.2, -0.15) is 5.10 Å². The predicted octanol–water partition coefficient (Wildman–Crippen LogP) is 2.13. The van der Waals surface area contributed by atoms with Crippen molar-refractivity contribution in [3.8, 4) is 0 Å². The fourth-order valence-corrected chi connectivity index (χ4v) is 1.99. The summed E-state index contributed by atoms with van der Waals surface area (Å²) < 4.78 is 1.78. The lowest BCUT2D eigenvalue weighted by molar-refractivity contribution is -0.121. The first-order valence-corrected chi connectivity index (χ1v) is 6.95. The molecule has 1 aromatic heterocycles. The van der Waals surface area contributed by atoms with E-state index in [2.05, 4.69) is 28.4 Å². The van der Waals surface area contributed by atoms with Crippen molar-refractivity contribution >= 4 is 5.91 Å². The summed E-state index contributed by atoms with van der Waals surface area (Å²) in [6, 6.07) is 8.06. The van der Waals surface area contributed by atoms with Crippen molar-refractivity contribution in [1.29, 1.82) is 0 Å². The molecule has 0 saturated heterocycles. The molecule has 0 spiro atoms. The van der Waals surface area contributed by atoms with Crippen LogP contribution >= 0.6 is 0 Å². The van der Waals surface area contributed by atoms with Crippen molar-refractivity contribution in [2.45, 2.75) is 39.3 Å². The van der Waals surface area contributed by atoms with Gasteiger partial charge in [0.1, 0.15) is 12.7 Å². The minimum atomic E-state index is 0.113. The van der Waals surface area contributed by atoms with Gasteiger partial charge in [0.15, 0.2) is 0 Å². The van der Waals surface area contributed by atoms with Crippen molar-refractivity contribution in [2.24, 2.45) is 0 Å². The molecule has 0 unspecified atom stereocenters. The van der Waals surface area contributed by atoms with Gasteiger partial charge in [-0.3, -0.25) is 4.79 Å². The zero-order valence-electron chi connectivity index (χ0n) is 11.7. The molecule has 0 aliphatic heterocycles. The van der Waals surface area contributed by atoms with Crippen molar-refractivity contribution < 1.29 is 4.79 Å². The number of benzene rings is 1. The fourth-order valence-electron chi connectivity index (χ4n) is 1.99. The van der Waals surface area contributed by atoms with E-state index in [-0.39, 0.29) is 5.91 Å². The van der Waals surface area contributed by atoms with Crippen LogP contribution in [-0.2, 0) is 17.9 Å². The average molecular weight is 272 g/mol. The molecule has 2 rings (SSSR count). The number of hydrogen-bond acceptors (Lipinski definition) is 3. The van der Waals surface area contributed by atoms with E-state index in [1.54, 1.807) is 11.0 Å². The predicted molar refractivity (Wildman–Crippen MR) is 76.9 cm³/mol. The van der Waals surface area contributed by atoms with Gasteiger partial charge in [0, 0.05) is 13.0 Å². The zero-order chi connectivity index (χ0) is 14.2. The second-order valence-corrected chi connectivity index (χ2v) is 4.74. The molecule has 106 valence electrons. The Balaban J connectivity index is 1.95. The normalized spacial score (nSPS) is 10.4. The van der Waals surface area contributed by atoms with Crippen LogP contribution in [0.25, 0.3) is 0 Å². The van der Waals surface area contributed by atoms with E-state index in [4.69, 9.17) is 0 Å². The van der Waals surface area contributed by atoms with Gasteiger partial charge in [0.25, 0.3) is 0 Å². The van der Waals surface area contributed by atoms with Crippen molar-refractivity contribution in [3.63, 3.8) is 0 Å². The number of nitrogens with one attached hydrogen (secondary N) is 1. The Bertz CT molecular complexity index is 537. The minimum Gasteiger partial charge on any atom is -0.352 e. The second kappa shape index (κ2) is 7.43. The molecule has 1 N–H and O–H groups in total.